The number of ether oxygens (including phenoxy) is 2. The third-order valence-corrected chi connectivity index (χ3v) is 5.36. The lowest BCUT2D eigenvalue weighted by Crippen LogP contribution is -2.48. The molecule has 1 heterocycles. The van der Waals surface area contributed by atoms with Crippen LogP contribution in [-0.2, 0) is 22.6 Å². The van der Waals surface area contributed by atoms with Gasteiger partial charge in [-0.1, -0.05) is 37.6 Å². The number of amides is 2. The van der Waals surface area contributed by atoms with E-state index in [2.05, 4.69) is 5.32 Å². The summed E-state index contributed by atoms with van der Waals surface area (Å²) in [5.41, 5.74) is 1.32. The second-order valence-corrected chi connectivity index (χ2v) is 7.62. The lowest BCUT2D eigenvalue weighted by Gasteiger charge is -2.29. The summed E-state index contributed by atoms with van der Waals surface area (Å²) in [6.07, 6.45) is 2.50. The van der Waals surface area contributed by atoms with Crippen molar-refractivity contribution in [2.75, 3.05) is 13.3 Å². The molecule has 0 aromatic heterocycles. The average Bonchev–Trinajstić information content (AvgIpc) is 3.24. The molecule has 0 unspecified atom stereocenters. The van der Waals surface area contributed by atoms with Crippen LogP contribution in [0.15, 0.2) is 42.5 Å². The van der Waals surface area contributed by atoms with Gasteiger partial charge in [0.1, 0.15) is 11.9 Å². The van der Waals surface area contributed by atoms with E-state index in [-0.39, 0.29) is 31.6 Å². The number of rotatable bonds is 10. The smallest absolute Gasteiger partial charge is 0.242 e. The van der Waals surface area contributed by atoms with Crippen LogP contribution in [0.2, 0.25) is 0 Å². The molecule has 1 aliphatic rings. The minimum Gasteiger partial charge on any atom is -0.454 e. The number of benzene rings is 2. The van der Waals surface area contributed by atoms with Gasteiger partial charge in [-0.15, -0.1) is 0 Å². The molecule has 2 aromatic rings. The van der Waals surface area contributed by atoms with E-state index in [4.69, 9.17) is 9.47 Å². The summed E-state index contributed by atoms with van der Waals surface area (Å²) in [5, 5.41) is 2.86. The van der Waals surface area contributed by atoms with Crippen LogP contribution in [0.1, 0.15) is 44.2 Å². The minimum absolute atomic E-state index is 0.0367. The van der Waals surface area contributed by atoms with E-state index < -0.39 is 11.9 Å². The molecule has 0 aliphatic carbocycles. The number of fused-ring (bicyclic) bond motifs is 1. The molecule has 0 saturated heterocycles. The Kier molecular flexibility index (Phi) is 7.87. The monoisotopic (exact) mass is 428 g/mol. The predicted molar refractivity (Wildman–Crippen MR) is 115 cm³/mol. The highest BCUT2D eigenvalue weighted by atomic mass is 19.1. The highest BCUT2D eigenvalue weighted by Gasteiger charge is 2.26. The van der Waals surface area contributed by atoms with Gasteiger partial charge in [0.15, 0.2) is 11.5 Å². The van der Waals surface area contributed by atoms with Gasteiger partial charge in [-0.3, -0.25) is 9.59 Å². The Hall–Kier alpha value is -3.09. The van der Waals surface area contributed by atoms with Crippen LogP contribution in [-0.4, -0.2) is 36.1 Å². The molecule has 0 fully saturated rings. The third-order valence-electron chi connectivity index (χ3n) is 5.36. The fraction of sp³-hybridized carbons (Fsp3) is 0.417. The van der Waals surface area contributed by atoms with Crippen LogP contribution < -0.4 is 14.8 Å². The third kappa shape index (κ3) is 5.96. The Labute approximate surface area is 182 Å². The Morgan fingerprint density at radius 2 is 1.94 bits per heavy atom. The van der Waals surface area contributed by atoms with E-state index in [1.165, 1.54) is 11.0 Å². The number of carbonyl (C=O) groups excluding carboxylic acids is 2. The predicted octanol–water partition coefficient (Wildman–Crippen LogP) is 3.82. The fourth-order valence-corrected chi connectivity index (χ4v) is 3.42. The van der Waals surface area contributed by atoms with Crippen molar-refractivity contribution in [3.05, 3.63) is 59.4 Å². The summed E-state index contributed by atoms with van der Waals surface area (Å²) in [7, 11) is 0. The van der Waals surface area contributed by atoms with Crippen molar-refractivity contribution in [1.29, 1.82) is 0 Å². The molecule has 3 rings (SSSR count). The number of hydrogen-bond acceptors (Lipinski definition) is 4. The van der Waals surface area contributed by atoms with E-state index in [9.17, 15) is 14.0 Å². The van der Waals surface area contributed by atoms with E-state index in [0.717, 1.165) is 18.4 Å². The molecule has 0 spiro atoms. The lowest BCUT2D eigenvalue weighted by atomic mass is 10.1. The number of hydrogen-bond donors (Lipinski definition) is 1. The summed E-state index contributed by atoms with van der Waals surface area (Å²) >= 11 is 0. The molecule has 1 N–H and O–H groups in total. The molecule has 0 bridgehead atoms. The maximum absolute atomic E-state index is 14.2. The van der Waals surface area contributed by atoms with E-state index in [1.54, 1.807) is 25.1 Å². The molecule has 2 aromatic carbocycles. The molecule has 31 heavy (non-hydrogen) atoms. The minimum atomic E-state index is -0.708. The molecule has 6 nitrogen and oxygen atoms in total. The van der Waals surface area contributed by atoms with Crippen LogP contribution in [0, 0.1) is 5.82 Å². The summed E-state index contributed by atoms with van der Waals surface area (Å²) in [6.45, 7) is 4.51. The molecular weight excluding hydrogens is 399 g/mol. The molecule has 1 atom stereocenters. The summed E-state index contributed by atoms with van der Waals surface area (Å²) in [6, 6.07) is 11.2. The molecule has 7 heteroatoms. The number of aryl methyl sites for hydroxylation is 1. The van der Waals surface area contributed by atoms with Gasteiger partial charge in [0, 0.05) is 25.1 Å². The number of unbranched alkanes of at least 4 members (excludes halogenated alkanes) is 1. The van der Waals surface area contributed by atoms with E-state index >= 15 is 0 Å². The first-order valence-corrected chi connectivity index (χ1v) is 10.7. The second kappa shape index (κ2) is 10.8. The SMILES string of the molecule is CCCCNC(=O)[C@@H](C)N(Cc1ccccc1F)C(=O)CCc1ccc2c(c1)OCO2. The standard InChI is InChI=1S/C24H29FN2O4/c1-3-4-13-26-24(29)17(2)27(15-19-7-5-6-8-20(19)25)23(28)12-10-18-9-11-21-22(14-18)31-16-30-21/h5-9,11,14,17H,3-4,10,12-13,15-16H2,1-2H3,(H,26,29)/t17-/m1/s1. The van der Waals surface area contributed by atoms with Crippen LogP contribution in [0.3, 0.4) is 0 Å². The first kappa shape index (κ1) is 22.6. The topological polar surface area (TPSA) is 67.9 Å². The van der Waals surface area contributed by atoms with Gasteiger partial charge < -0.3 is 19.7 Å². The molecule has 0 radical (unpaired) electrons. The van der Waals surface area contributed by atoms with E-state index in [0.29, 0.717) is 30.0 Å². The summed E-state index contributed by atoms with van der Waals surface area (Å²) < 4.78 is 24.9. The van der Waals surface area contributed by atoms with Crippen molar-refractivity contribution >= 4 is 11.8 Å². The fourth-order valence-electron chi connectivity index (χ4n) is 3.42. The summed E-state index contributed by atoms with van der Waals surface area (Å²) in [5.74, 6) is 0.514. The normalized spacial score (nSPS) is 13.0. The van der Waals surface area contributed by atoms with Crippen LogP contribution >= 0.6 is 0 Å². The highest BCUT2D eigenvalue weighted by Crippen LogP contribution is 2.32. The number of nitrogens with zero attached hydrogens (tertiary/aromatic N) is 1. The zero-order valence-corrected chi connectivity index (χ0v) is 18.0. The van der Waals surface area contributed by atoms with E-state index in [1.807, 2.05) is 25.1 Å². The average molecular weight is 429 g/mol. The van der Waals surface area contributed by atoms with Crippen LogP contribution in [0.5, 0.6) is 11.5 Å². The molecule has 2 amide bonds. The van der Waals surface area contributed by atoms with Crippen molar-refractivity contribution in [2.24, 2.45) is 0 Å². The zero-order valence-electron chi connectivity index (χ0n) is 18.0. The molecule has 0 saturated carbocycles. The molecule has 1 aliphatic heterocycles. The second-order valence-electron chi connectivity index (χ2n) is 7.62. The Balaban J connectivity index is 1.70. The van der Waals surface area contributed by atoms with Gasteiger partial charge in [0.05, 0.1) is 0 Å². The number of carbonyl (C=O) groups is 2. The molecule has 166 valence electrons. The van der Waals surface area contributed by atoms with Crippen molar-refractivity contribution < 1.29 is 23.5 Å². The summed E-state index contributed by atoms with van der Waals surface area (Å²) in [4.78, 5) is 27.2. The van der Waals surface area contributed by atoms with Gasteiger partial charge in [-0.05, 0) is 43.5 Å². The van der Waals surface area contributed by atoms with Gasteiger partial charge >= 0.3 is 0 Å². The highest BCUT2D eigenvalue weighted by molar-refractivity contribution is 5.87. The lowest BCUT2D eigenvalue weighted by molar-refractivity contribution is -0.140. The van der Waals surface area contributed by atoms with Crippen molar-refractivity contribution in [1.82, 2.24) is 10.2 Å². The van der Waals surface area contributed by atoms with Crippen LogP contribution in [0.4, 0.5) is 4.39 Å². The van der Waals surface area contributed by atoms with Gasteiger partial charge in [-0.25, -0.2) is 4.39 Å². The molecular formula is C24H29FN2O4. The van der Waals surface area contributed by atoms with Crippen molar-refractivity contribution in [2.45, 2.75) is 52.1 Å². The Bertz CT molecular complexity index is 918. The van der Waals surface area contributed by atoms with Gasteiger partial charge in [0.25, 0.3) is 0 Å². The van der Waals surface area contributed by atoms with Gasteiger partial charge in [-0.2, -0.15) is 0 Å². The maximum atomic E-state index is 14.2. The Morgan fingerprint density at radius 3 is 2.71 bits per heavy atom. The van der Waals surface area contributed by atoms with Crippen LogP contribution in [0.25, 0.3) is 0 Å². The van der Waals surface area contributed by atoms with Crippen molar-refractivity contribution in [3.8, 4) is 11.5 Å². The first-order chi connectivity index (χ1) is 15.0. The zero-order chi connectivity index (χ0) is 22.2. The maximum Gasteiger partial charge on any atom is 0.242 e. The Morgan fingerprint density at radius 1 is 1.16 bits per heavy atom. The van der Waals surface area contributed by atoms with Crippen molar-refractivity contribution in [3.63, 3.8) is 0 Å². The number of nitrogens with one attached hydrogen (secondary N) is 1. The number of halogens is 1. The largest absolute Gasteiger partial charge is 0.454 e. The van der Waals surface area contributed by atoms with Gasteiger partial charge in [0.2, 0.25) is 18.6 Å². The quantitative estimate of drug-likeness (QED) is 0.584. The first-order valence-electron chi connectivity index (χ1n) is 10.7.